The Hall–Kier alpha value is -3.41. The van der Waals surface area contributed by atoms with Crippen LogP contribution in [0.25, 0.3) is 22.1 Å². The van der Waals surface area contributed by atoms with Crippen molar-refractivity contribution < 1.29 is 24.8 Å². The fraction of sp³-hybridized carbons (Fsp3) is 0.150. The quantitative estimate of drug-likeness (QED) is 0.533. The van der Waals surface area contributed by atoms with E-state index in [0.29, 0.717) is 12.0 Å². The zero-order valence-corrected chi connectivity index (χ0v) is 14.3. The Morgan fingerprint density at radius 2 is 1.69 bits per heavy atom. The van der Waals surface area contributed by atoms with Crippen LogP contribution >= 0.6 is 0 Å². The van der Waals surface area contributed by atoms with Crippen LogP contribution in [-0.2, 0) is 6.42 Å². The smallest absolute Gasteiger partial charge is 0.204 e. The van der Waals surface area contributed by atoms with Crippen LogP contribution in [0.4, 0.5) is 0 Å². The van der Waals surface area contributed by atoms with Crippen molar-refractivity contribution in [2.24, 2.45) is 0 Å². The summed E-state index contributed by atoms with van der Waals surface area (Å²) in [4.78, 5) is 12.8. The number of benzene rings is 2. The molecule has 1 heterocycles. The van der Waals surface area contributed by atoms with Gasteiger partial charge >= 0.3 is 0 Å². The molecular formula is C20H18O6. The average Bonchev–Trinajstić information content (AvgIpc) is 2.54. The van der Waals surface area contributed by atoms with Crippen molar-refractivity contribution in [1.82, 2.24) is 0 Å². The summed E-state index contributed by atoms with van der Waals surface area (Å²) in [6.07, 6.45) is 3.49. The third-order valence-electron chi connectivity index (χ3n) is 4.06. The normalized spacial score (nSPS) is 10.8. The second-order valence-corrected chi connectivity index (χ2v) is 6.30. The lowest BCUT2D eigenvalue weighted by atomic mass is 9.99. The van der Waals surface area contributed by atoms with Gasteiger partial charge in [-0.3, -0.25) is 4.79 Å². The number of phenolic OH excluding ortho intramolecular Hbond substituents is 4. The van der Waals surface area contributed by atoms with Crippen LogP contribution in [0, 0.1) is 0 Å². The maximum Gasteiger partial charge on any atom is 0.204 e. The first-order valence-corrected chi connectivity index (χ1v) is 7.94. The summed E-state index contributed by atoms with van der Waals surface area (Å²) in [6.45, 7) is 3.85. The minimum absolute atomic E-state index is 0.0271. The third-order valence-corrected chi connectivity index (χ3v) is 4.06. The Morgan fingerprint density at radius 3 is 2.38 bits per heavy atom. The topological polar surface area (TPSA) is 111 Å². The van der Waals surface area contributed by atoms with Gasteiger partial charge in [0.2, 0.25) is 5.43 Å². The van der Waals surface area contributed by atoms with Gasteiger partial charge in [0, 0.05) is 23.8 Å². The van der Waals surface area contributed by atoms with Crippen LogP contribution in [-0.4, -0.2) is 20.4 Å². The second kappa shape index (κ2) is 6.48. The van der Waals surface area contributed by atoms with E-state index >= 15 is 0 Å². The molecule has 1 aromatic heterocycles. The van der Waals surface area contributed by atoms with Crippen molar-refractivity contribution in [2.75, 3.05) is 0 Å². The van der Waals surface area contributed by atoms with Gasteiger partial charge in [0.1, 0.15) is 40.2 Å². The maximum atomic E-state index is 12.8. The predicted molar refractivity (Wildman–Crippen MR) is 97.7 cm³/mol. The Bertz CT molecular complexity index is 1090. The molecule has 0 aliphatic rings. The summed E-state index contributed by atoms with van der Waals surface area (Å²) in [5.74, 6) is -1.02. The van der Waals surface area contributed by atoms with Gasteiger partial charge in [-0.2, -0.15) is 0 Å². The number of fused-ring (bicyclic) bond motifs is 1. The molecule has 4 N–H and O–H groups in total. The Labute approximate surface area is 148 Å². The molecule has 0 amide bonds. The summed E-state index contributed by atoms with van der Waals surface area (Å²) < 4.78 is 5.36. The molecule has 0 bridgehead atoms. The molecule has 3 rings (SSSR count). The largest absolute Gasteiger partial charge is 0.508 e. The highest BCUT2D eigenvalue weighted by Crippen LogP contribution is 2.36. The van der Waals surface area contributed by atoms with Crippen molar-refractivity contribution in [3.63, 3.8) is 0 Å². The van der Waals surface area contributed by atoms with Crippen LogP contribution in [0.1, 0.15) is 19.4 Å². The highest BCUT2D eigenvalue weighted by Gasteiger charge is 2.18. The molecule has 6 nitrogen and oxygen atoms in total. The fourth-order valence-electron chi connectivity index (χ4n) is 2.72. The van der Waals surface area contributed by atoms with E-state index in [2.05, 4.69) is 0 Å². The Morgan fingerprint density at radius 1 is 0.962 bits per heavy atom. The molecule has 0 saturated heterocycles. The van der Waals surface area contributed by atoms with E-state index in [4.69, 9.17) is 4.42 Å². The van der Waals surface area contributed by atoms with Crippen LogP contribution in [0.3, 0.4) is 0 Å². The van der Waals surface area contributed by atoms with Crippen molar-refractivity contribution in [3.05, 3.63) is 58.0 Å². The predicted octanol–water partition coefficient (Wildman–Crippen LogP) is 3.79. The van der Waals surface area contributed by atoms with Gasteiger partial charge in [-0.1, -0.05) is 11.6 Å². The Kier molecular flexibility index (Phi) is 4.34. The molecular weight excluding hydrogens is 336 g/mol. The SMILES string of the molecule is CC(C)=CCc1cc(-c2coc3cc(O)cc(O)c3c2=O)c(O)cc1O. The van der Waals surface area contributed by atoms with Gasteiger partial charge in [0.25, 0.3) is 0 Å². The second-order valence-electron chi connectivity index (χ2n) is 6.30. The first kappa shape index (κ1) is 17.4. The lowest BCUT2D eigenvalue weighted by Crippen LogP contribution is -2.05. The van der Waals surface area contributed by atoms with Gasteiger partial charge in [0.15, 0.2) is 0 Å². The van der Waals surface area contributed by atoms with Crippen LogP contribution in [0.5, 0.6) is 23.0 Å². The molecule has 134 valence electrons. The van der Waals surface area contributed by atoms with E-state index in [9.17, 15) is 25.2 Å². The molecule has 0 atom stereocenters. The lowest BCUT2D eigenvalue weighted by Gasteiger charge is -2.10. The summed E-state index contributed by atoms with van der Waals surface area (Å²) >= 11 is 0. The monoisotopic (exact) mass is 354 g/mol. The molecule has 0 fully saturated rings. The molecule has 2 aromatic carbocycles. The molecule has 6 heteroatoms. The van der Waals surface area contributed by atoms with Crippen LogP contribution in [0.15, 0.2) is 51.4 Å². The summed E-state index contributed by atoms with van der Waals surface area (Å²) in [6, 6.07) is 4.95. The van der Waals surface area contributed by atoms with E-state index in [1.807, 2.05) is 19.9 Å². The molecule has 3 aromatic rings. The van der Waals surface area contributed by atoms with E-state index in [0.717, 1.165) is 17.9 Å². The summed E-state index contributed by atoms with van der Waals surface area (Å²) in [7, 11) is 0. The van der Waals surface area contributed by atoms with Crippen molar-refractivity contribution in [1.29, 1.82) is 0 Å². The van der Waals surface area contributed by atoms with Crippen molar-refractivity contribution in [2.45, 2.75) is 20.3 Å². The molecule has 0 radical (unpaired) electrons. The first-order chi connectivity index (χ1) is 12.3. The van der Waals surface area contributed by atoms with E-state index < -0.39 is 11.2 Å². The zero-order valence-electron chi connectivity index (χ0n) is 14.3. The van der Waals surface area contributed by atoms with Crippen molar-refractivity contribution >= 4 is 11.0 Å². The summed E-state index contributed by atoms with van der Waals surface area (Å²) in [5, 5.41) is 39.6. The highest BCUT2D eigenvalue weighted by atomic mass is 16.3. The van der Waals surface area contributed by atoms with Gasteiger partial charge in [-0.25, -0.2) is 0 Å². The molecule has 0 saturated carbocycles. The number of hydrogen-bond donors (Lipinski definition) is 4. The average molecular weight is 354 g/mol. The minimum Gasteiger partial charge on any atom is -0.508 e. The molecule has 0 aliphatic heterocycles. The fourth-order valence-corrected chi connectivity index (χ4v) is 2.72. The zero-order chi connectivity index (χ0) is 19.0. The lowest BCUT2D eigenvalue weighted by molar-refractivity contribution is 0.447. The first-order valence-electron chi connectivity index (χ1n) is 7.94. The maximum absolute atomic E-state index is 12.8. The third kappa shape index (κ3) is 3.09. The molecule has 0 spiro atoms. The number of hydrogen-bond acceptors (Lipinski definition) is 6. The molecule has 0 aliphatic carbocycles. The van der Waals surface area contributed by atoms with Crippen molar-refractivity contribution in [3.8, 4) is 34.1 Å². The molecule has 26 heavy (non-hydrogen) atoms. The minimum atomic E-state index is -0.557. The summed E-state index contributed by atoms with van der Waals surface area (Å²) in [5.41, 5.74) is 1.29. The van der Waals surface area contributed by atoms with Crippen LogP contribution in [0.2, 0.25) is 0 Å². The number of rotatable bonds is 3. The van der Waals surface area contributed by atoms with Crippen LogP contribution < -0.4 is 5.43 Å². The number of phenols is 4. The van der Waals surface area contributed by atoms with E-state index in [-0.39, 0.29) is 39.3 Å². The Balaban J connectivity index is 2.23. The standard InChI is InChI=1S/C20H18O6/c1-10(2)3-4-11-5-13(16(23)8-15(11)22)14-9-26-18-7-12(21)6-17(24)19(18)20(14)25/h3,5-9,21-24H,4H2,1-2H3. The van der Waals surface area contributed by atoms with E-state index in [1.54, 1.807) is 0 Å². The number of aromatic hydroxyl groups is 4. The van der Waals surface area contributed by atoms with E-state index in [1.165, 1.54) is 18.2 Å². The molecule has 0 unspecified atom stereocenters. The number of allylic oxidation sites excluding steroid dienone is 2. The van der Waals surface area contributed by atoms with Gasteiger partial charge in [0.05, 0.1) is 5.56 Å². The highest BCUT2D eigenvalue weighted by molar-refractivity contribution is 5.88. The van der Waals surface area contributed by atoms with Gasteiger partial charge < -0.3 is 24.8 Å². The van der Waals surface area contributed by atoms with Gasteiger partial charge in [-0.05, 0) is 31.9 Å². The van der Waals surface area contributed by atoms with Gasteiger partial charge in [-0.15, -0.1) is 0 Å².